The van der Waals surface area contributed by atoms with Gasteiger partial charge in [-0.2, -0.15) is 0 Å². The number of ether oxygens (including phenoxy) is 4. The second-order valence-electron chi connectivity index (χ2n) is 13.6. The zero-order chi connectivity index (χ0) is 34.2. The van der Waals surface area contributed by atoms with Crippen LogP contribution in [0.15, 0.2) is 29.0 Å². The van der Waals surface area contributed by atoms with Gasteiger partial charge in [0, 0.05) is 43.7 Å². The summed E-state index contributed by atoms with van der Waals surface area (Å²) in [5, 5.41) is 5.85. The van der Waals surface area contributed by atoms with Crippen LogP contribution in [0.2, 0.25) is 0 Å². The van der Waals surface area contributed by atoms with Crippen molar-refractivity contribution in [3.8, 4) is 11.5 Å². The van der Waals surface area contributed by atoms with E-state index in [1.807, 2.05) is 12.1 Å². The first-order valence-corrected chi connectivity index (χ1v) is 17.0. The number of carbonyl (C=O) groups is 3. The topological polar surface area (TPSA) is 183 Å². The highest BCUT2D eigenvalue weighted by Gasteiger charge is 2.65. The lowest BCUT2D eigenvalue weighted by molar-refractivity contribution is -0.147. The molecule has 3 heterocycles. The third-order valence-corrected chi connectivity index (χ3v) is 11.2. The average molecular weight is 668 g/mol. The predicted molar refractivity (Wildman–Crippen MR) is 178 cm³/mol. The van der Waals surface area contributed by atoms with Crippen LogP contribution < -0.4 is 31.6 Å². The molecule has 14 heteroatoms. The standard InChI is InChI=1S/C34H49N7O7/c1-37-32(36)38-13-5-6-23(35)30(42)39-18-21-16-20(31(43)46-4)11-14-41(21)33(44)47-26-10-8-22-24-17-19-7-9-25(45-3)28-27(19)34(22,29(26)48-28)12-15-40(24)2/h7,9-10,20-24,29H,5-6,8,11-18,35H2,1-4H3,(H,39,42)(H3,36,37,38)/t20?,21?,22-,23-,24+,29-,34-/m0/s1. The van der Waals surface area contributed by atoms with E-state index in [2.05, 4.69) is 33.6 Å². The molecule has 0 saturated carbocycles. The monoisotopic (exact) mass is 667 g/mol. The van der Waals surface area contributed by atoms with Crippen molar-refractivity contribution in [2.24, 2.45) is 28.3 Å². The van der Waals surface area contributed by atoms with Crippen molar-refractivity contribution in [3.05, 3.63) is 35.1 Å². The van der Waals surface area contributed by atoms with E-state index in [0.29, 0.717) is 61.7 Å². The van der Waals surface area contributed by atoms with Crippen molar-refractivity contribution in [2.75, 3.05) is 54.5 Å². The summed E-state index contributed by atoms with van der Waals surface area (Å²) in [6.07, 6.45) is 5.42. The molecule has 2 aliphatic carbocycles. The molecule has 48 heavy (non-hydrogen) atoms. The molecule has 2 unspecified atom stereocenters. The van der Waals surface area contributed by atoms with Crippen molar-refractivity contribution >= 4 is 23.9 Å². The first-order chi connectivity index (χ1) is 23.1. The zero-order valence-electron chi connectivity index (χ0n) is 28.3. The molecule has 2 fully saturated rings. The summed E-state index contributed by atoms with van der Waals surface area (Å²) in [6, 6.07) is 3.24. The lowest BCUT2D eigenvalue weighted by atomic mass is 9.53. The van der Waals surface area contributed by atoms with Gasteiger partial charge in [0.1, 0.15) is 5.76 Å². The fraction of sp³-hybridized carbons (Fsp3) is 0.647. The van der Waals surface area contributed by atoms with E-state index < -0.39 is 30.2 Å². The minimum Gasteiger partial charge on any atom is -0.493 e. The van der Waals surface area contributed by atoms with Gasteiger partial charge < -0.3 is 50.8 Å². The SMILES string of the molecule is CN=C(N)NCCC[C@H](N)C(=O)NCC1CC(C(=O)OC)CCN1C(=O)OC1=CC[C@H]2[C@H]3Cc4ccc(OC)c5c4[C@@]2(CCN3C)[C@H]1O5. The number of carbonyl (C=O) groups excluding carboxylic acids is 3. The number of likely N-dealkylation sites (N-methyl/N-ethyl adjacent to an activating group) is 1. The fourth-order valence-electron chi connectivity index (χ4n) is 8.69. The maximum atomic E-state index is 14.0. The Morgan fingerprint density at radius 3 is 2.77 bits per heavy atom. The Morgan fingerprint density at radius 2 is 2.02 bits per heavy atom. The molecule has 5 aliphatic rings. The zero-order valence-corrected chi connectivity index (χ0v) is 28.3. The molecular weight excluding hydrogens is 618 g/mol. The first-order valence-electron chi connectivity index (χ1n) is 17.0. The third-order valence-electron chi connectivity index (χ3n) is 11.2. The number of methoxy groups -OCH3 is 2. The van der Waals surface area contributed by atoms with Gasteiger partial charge >= 0.3 is 12.1 Å². The molecular formula is C34H49N7O7. The van der Waals surface area contributed by atoms with Crippen LogP contribution in [0, 0.1) is 11.8 Å². The van der Waals surface area contributed by atoms with Gasteiger partial charge in [-0.3, -0.25) is 14.6 Å². The van der Waals surface area contributed by atoms with Crippen LogP contribution in [-0.2, 0) is 30.9 Å². The molecule has 6 N–H and O–H groups in total. The number of guanidine groups is 1. The Kier molecular flexibility index (Phi) is 9.75. The smallest absolute Gasteiger partial charge is 0.415 e. The number of esters is 1. The second-order valence-corrected chi connectivity index (χ2v) is 13.6. The molecule has 3 aliphatic heterocycles. The van der Waals surface area contributed by atoms with E-state index in [1.165, 1.54) is 18.2 Å². The number of piperidine rings is 2. The normalized spacial score (nSPS) is 29.5. The number of nitrogens with zero attached hydrogens (tertiary/aromatic N) is 3. The number of hydrogen-bond acceptors (Lipinski definition) is 10. The second kappa shape index (κ2) is 13.8. The highest BCUT2D eigenvalue weighted by Crippen LogP contribution is 2.63. The summed E-state index contributed by atoms with van der Waals surface area (Å²) in [4.78, 5) is 47.4. The molecule has 0 radical (unpaired) electrons. The maximum Gasteiger partial charge on any atom is 0.415 e. The number of nitrogens with one attached hydrogen (secondary N) is 2. The molecule has 0 aromatic heterocycles. The molecule has 2 bridgehead atoms. The summed E-state index contributed by atoms with van der Waals surface area (Å²) < 4.78 is 23.8. The Hall–Kier alpha value is -4.04. The number of hydrogen-bond donors (Lipinski definition) is 4. The Balaban J connectivity index is 1.17. The Labute approximate surface area is 281 Å². The molecule has 1 aromatic rings. The Morgan fingerprint density at radius 1 is 1.21 bits per heavy atom. The minimum atomic E-state index is -0.747. The third kappa shape index (κ3) is 5.93. The van der Waals surface area contributed by atoms with E-state index in [1.54, 1.807) is 19.1 Å². The average Bonchev–Trinajstić information content (AvgIpc) is 3.46. The van der Waals surface area contributed by atoms with E-state index >= 15 is 0 Å². The van der Waals surface area contributed by atoms with Crippen molar-refractivity contribution in [3.63, 3.8) is 0 Å². The summed E-state index contributed by atoms with van der Waals surface area (Å²) >= 11 is 0. The van der Waals surface area contributed by atoms with Crippen LogP contribution in [0.4, 0.5) is 4.79 Å². The van der Waals surface area contributed by atoms with Gasteiger partial charge in [-0.05, 0) is 82.2 Å². The molecule has 6 rings (SSSR count). The van der Waals surface area contributed by atoms with E-state index in [-0.39, 0.29) is 30.4 Å². The molecule has 1 aromatic carbocycles. The lowest BCUT2D eigenvalue weighted by Crippen LogP contribution is -2.63. The number of likely N-dealkylation sites (tertiary alicyclic amines) is 2. The van der Waals surface area contributed by atoms with Crippen molar-refractivity contribution in [1.82, 2.24) is 20.4 Å². The number of aliphatic imine (C=N–C) groups is 1. The van der Waals surface area contributed by atoms with E-state index in [9.17, 15) is 14.4 Å². The van der Waals surface area contributed by atoms with Crippen molar-refractivity contribution in [1.29, 1.82) is 0 Å². The molecule has 14 nitrogen and oxygen atoms in total. The summed E-state index contributed by atoms with van der Waals surface area (Å²) in [6.45, 7) is 1.84. The van der Waals surface area contributed by atoms with E-state index in [0.717, 1.165) is 31.6 Å². The highest BCUT2D eigenvalue weighted by atomic mass is 16.6. The van der Waals surface area contributed by atoms with Gasteiger partial charge in [-0.1, -0.05) is 6.07 Å². The molecule has 1 spiro atoms. The van der Waals surface area contributed by atoms with Gasteiger partial charge in [-0.25, -0.2) is 4.79 Å². The van der Waals surface area contributed by atoms with Crippen LogP contribution in [0.25, 0.3) is 0 Å². The van der Waals surface area contributed by atoms with Crippen LogP contribution in [0.1, 0.15) is 49.7 Å². The molecule has 262 valence electrons. The number of rotatable bonds is 10. The minimum absolute atomic E-state index is 0.119. The lowest BCUT2D eigenvalue weighted by Gasteiger charge is -2.56. The molecule has 7 atom stereocenters. The number of amides is 2. The predicted octanol–water partition coefficient (Wildman–Crippen LogP) is 1.01. The van der Waals surface area contributed by atoms with Gasteiger partial charge in [0.2, 0.25) is 5.91 Å². The quantitative estimate of drug-likeness (QED) is 0.121. The van der Waals surface area contributed by atoms with Crippen LogP contribution in [0.3, 0.4) is 0 Å². The summed E-state index contributed by atoms with van der Waals surface area (Å²) in [7, 11) is 6.78. The van der Waals surface area contributed by atoms with Crippen LogP contribution in [0.5, 0.6) is 11.5 Å². The summed E-state index contributed by atoms with van der Waals surface area (Å²) in [5.74, 6) is 1.51. The number of allylic oxidation sites excluding steroid dienone is 1. The van der Waals surface area contributed by atoms with Crippen LogP contribution >= 0.6 is 0 Å². The molecule has 2 saturated heterocycles. The van der Waals surface area contributed by atoms with E-state index in [4.69, 9.17) is 30.4 Å². The molecule has 2 amide bonds. The first kappa shape index (κ1) is 33.8. The fourth-order valence-corrected chi connectivity index (χ4v) is 8.69. The van der Waals surface area contributed by atoms with Gasteiger partial charge in [0.15, 0.2) is 23.6 Å². The van der Waals surface area contributed by atoms with Gasteiger partial charge in [-0.15, -0.1) is 0 Å². The van der Waals surface area contributed by atoms with Gasteiger partial charge in [0.25, 0.3) is 0 Å². The highest BCUT2D eigenvalue weighted by molar-refractivity contribution is 5.81. The van der Waals surface area contributed by atoms with Crippen molar-refractivity contribution in [2.45, 2.75) is 74.6 Å². The largest absolute Gasteiger partial charge is 0.493 e. The number of nitrogens with two attached hydrogens (primary N) is 2. The van der Waals surface area contributed by atoms with Gasteiger partial charge in [0.05, 0.1) is 32.2 Å². The summed E-state index contributed by atoms with van der Waals surface area (Å²) in [5.41, 5.74) is 14.0. The number of benzene rings is 1. The van der Waals surface area contributed by atoms with Crippen molar-refractivity contribution < 1.29 is 33.3 Å². The maximum absolute atomic E-state index is 14.0. The Bertz CT molecular complexity index is 1480. The van der Waals surface area contributed by atoms with Crippen LogP contribution in [-0.4, -0.2) is 112 Å².